The Hall–Kier alpha value is -7.60. The van der Waals surface area contributed by atoms with Crippen LogP contribution < -0.4 is 18.9 Å². The van der Waals surface area contributed by atoms with Crippen LogP contribution in [-0.4, -0.2) is 142 Å². The average Bonchev–Trinajstić information content (AvgIpc) is 3.65. The van der Waals surface area contributed by atoms with Crippen molar-refractivity contribution in [3.63, 3.8) is 0 Å². The van der Waals surface area contributed by atoms with E-state index in [-0.39, 0.29) is 135 Å². The Morgan fingerprint density at radius 3 is 1.04 bits per heavy atom. The van der Waals surface area contributed by atoms with Crippen molar-refractivity contribution in [2.45, 2.75) is 12.8 Å². The van der Waals surface area contributed by atoms with Crippen molar-refractivity contribution in [2.24, 2.45) is 0 Å². The largest absolute Gasteiger partial charge is 0.513 e. The Balaban J connectivity index is 0.980. The minimum atomic E-state index is -1.12. The summed E-state index contributed by atoms with van der Waals surface area (Å²) in [5.74, 6) is -5.58. The molecule has 4 aromatic carbocycles. The third kappa shape index (κ3) is 19.1. The first kappa shape index (κ1) is 57.3. The first-order valence-electron chi connectivity index (χ1n) is 22.9. The van der Waals surface area contributed by atoms with Crippen molar-refractivity contribution in [3.05, 3.63) is 132 Å². The summed E-state index contributed by atoms with van der Waals surface area (Å²) in [6.45, 7) is 10.9. The summed E-state index contributed by atoms with van der Waals surface area (Å²) < 4.78 is 102. The van der Waals surface area contributed by atoms with Crippen LogP contribution in [-0.2, 0) is 57.0 Å². The van der Waals surface area contributed by atoms with Gasteiger partial charge in [-0.3, -0.25) is 0 Å². The number of benzene rings is 4. The van der Waals surface area contributed by atoms with Gasteiger partial charge in [0, 0.05) is 30.2 Å². The van der Waals surface area contributed by atoms with E-state index in [1.54, 1.807) is 36.4 Å². The highest BCUT2D eigenvalue weighted by Crippen LogP contribution is 2.47. The van der Waals surface area contributed by atoms with Crippen LogP contribution in [0.3, 0.4) is 0 Å². The lowest BCUT2D eigenvalue weighted by atomic mass is 9.99. The zero-order valence-corrected chi connectivity index (χ0v) is 40.3. The number of carbonyl (C=O) groups excluding carboxylic acids is 6. The first-order valence-corrected chi connectivity index (χ1v) is 22.9. The molecule has 0 amide bonds. The molecule has 0 saturated heterocycles. The van der Waals surface area contributed by atoms with E-state index >= 15 is 8.78 Å². The maximum absolute atomic E-state index is 15.1. The van der Waals surface area contributed by atoms with Crippen LogP contribution in [0.15, 0.2) is 98.1 Å². The van der Waals surface area contributed by atoms with Gasteiger partial charge in [0.2, 0.25) is 0 Å². The number of halogens is 2. The number of ether oxygens (including phenoxy) is 14. The topological polar surface area (TPSA) is 232 Å². The van der Waals surface area contributed by atoms with Gasteiger partial charge in [0.15, 0.2) is 0 Å². The van der Waals surface area contributed by atoms with Gasteiger partial charge in [0.25, 0.3) is 0 Å². The highest BCUT2D eigenvalue weighted by Gasteiger charge is 2.28. The van der Waals surface area contributed by atoms with Gasteiger partial charge in [0.05, 0.1) is 90.4 Å². The summed E-state index contributed by atoms with van der Waals surface area (Å²) in [7, 11) is 0. The molecule has 0 radical (unpaired) electrons. The fourth-order valence-corrected chi connectivity index (χ4v) is 6.58. The van der Waals surface area contributed by atoms with E-state index in [2.05, 4.69) is 13.2 Å². The second-order valence-electron chi connectivity index (χ2n) is 15.1. The second kappa shape index (κ2) is 31.1. The molecule has 4 aromatic rings. The average molecular weight is 1040 g/mol. The summed E-state index contributed by atoms with van der Waals surface area (Å²) in [5.41, 5.74) is 2.30. The third-order valence-corrected chi connectivity index (χ3v) is 10.1. The smallest absolute Gasteiger partial charge is 0.460 e. The van der Waals surface area contributed by atoms with Crippen molar-refractivity contribution in [2.75, 3.05) is 106 Å². The predicted octanol–water partition coefficient (Wildman–Crippen LogP) is 7.12. The van der Waals surface area contributed by atoms with Crippen LogP contribution in [0.5, 0.6) is 23.0 Å². The highest BCUT2D eigenvalue weighted by molar-refractivity contribution is 5.93. The number of esters is 4. The molecule has 5 rings (SSSR count). The summed E-state index contributed by atoms with van der Waals surface area (Å²) in [5, 5.41) is 0. The van der Waals surface area contributed by atoms with Gasteiger partial charge >= 0.3 is 36.2 Å². The van der Waals surface area contributed by atoms with Gasteiger partial charge < -0.3 is 66.3 Å². The van der Waals surface area contributed by atoms with E-state index in [0.29, 0.717) is 0 Å². The molecule has 74 heavy (non-hydrogen) atoms. The molecule has 0 unspecified atom stereocenters. The van der Waals surface area contributed by atoms with E-state index in [1.807, 2.05) is 6.92 Å². The molecule has 1 aliphatic rings. The standard InChI is InChI=1S/C52H54F2O20/c1-4-47(55)67-26-22-63-18-14-61-16-20-65-24-28-69-51(59)73-37-8-12-41(45(53)32-37)49(57)71-35-6-10-39-40-11-7-36(31-44(40)34(3)43(39)30-35)72-50(58)42-13-9-38(33-46(42)54)74-52(60)70-29-25-66-21-17-62-15-19-64-23-27-68-48(56)5-2/h4-13,30-34H,1-2,14-29H2,3H3. The summed E-state index contributed by atoms with van der Waals surface area (Å²) in [4.78, 5) is 72.3. The van der Waals surface area contributed by atoms with Crippen molar-refractivity contribution in [1.82, 2.24) is 0 Å². The van der Waals surface area contributed by atoms with Gasteiger partial charge in [-0.05, 0) is 70.8 Å². The van der Waals surface area contributed by atoms with Crippen LogP contribution in [0.1, 0.15) is 44.7 Å². The fraction of sp³-hybridized carbons (Fsp3) is 0.346. The molecule has 0 aromatic heterocycles. The van der Waals surface area contributed by atoms with E-state index < -0.39 is 58.9 Å². The molecule has 0 aliphatic heterocycles. The molecular formula is C52H54F2O20. The number of carbonyl (C=O) groups is 6. The van der Waals surface area contributed by atoms with E-state index in [4.69, 9.17) is 66.3 Å². The molecule has 0 atom stereocenters. The minimum absolute atomic E-state index is 0.0348. The Morgan fingerprint density at radius 1 is 0.419 bits per heavy atom. The minimum Gasteiger partial charge on any atom is -0.460 e. The lowest BCUT2D eigenvalue weighted by molar-refractivity contribution is -0.140. The molecule has 0 N–H and O–H groups in total. The fourth-order valence-electron chi connectivity index (χ4n) is 6.58. The van der Waals surface area contributed by atoms with Gasteiger partial charge in [0.1, 0.15) is 61.1 Å². The molecular weight excluding hydrogens is 983 g/mol. The first-order chi connectivity index (χ1) is 35.9. The lowest BCUT2D eigenvalue weighted by Gasteiger charge is -2.11. The monoisotopic (exact) mass is 1040 g/mol. The zero-order valence-electron chi connectivity index (χ0n) is 40.3. The van der Waals surface area contributed by atoms with Crippen LogP contribution in [0.2, 0.25) is 0 Å². The zero-order chi connectivity index (χ0) is 53.1. The van der Waals surface area contributed by atoms with E-state index in [0.717, 1.165) is 58.7 Å². The van der Waals surface area contributed by atoms with Crippen LogP contribution >= 0.6 is 0 Å². The Morgan fingerprint density at radius 2 is 0.716 bits per heavy atom. The van der Waals surface area contributed by atoms with Crippen molar-refractivity contribution in [1.29, 1.82) is 0 Å². The van der Waals surface area contributed by atoms with Crippen molar-refractivity contribution < 1.29 is 104 Å². The number of hydrogen-bond donors (Lipinski definition) is 0. The number of hydrogen-bond acceptors (Lipinski definition) is 20. The lowest BCUT2D eigenvalue weighted by Crippen LogP contribution is -2.17. The van der Waals surface area contributed by atoms with Crippen molar-refractivity contribution >= 4 is 36.2 Å². The van der Waals surface area contributed by atoms with Crippen molar-refractivity contribution in [3.8, 4) is 34.1 Å². The van der Waals surface area contributed by atoms with E-state index in [9.17, 15) is 28.8 Å². The third-order valence-electron chi connectivity index (χ3n) is 10.1. The van der Waals surface area contributed by atoms with Gasteiger partial charge in [-0.1, -0.05) is 32.2 Å². The molecule has 0 spiro atoms. The molecule has 20 nitrogen and oxygen atoms in total. The second-order valence-corrected chi connectivity index (χ2v) is 15.1. The molecule has 0 fully saturated rings. The van der Waals surface area contributed by atoms with Gasteiger partial charge in [-0.2, -0.15) is 0 Å². The highest BCUT2D eigenvalue weighted by atomic mass is 19.1. The summed E-state index contributed by atoms with van der Waals surface area (Å²) in [6.07, 6.45) is -0.120. The molecule has 1 aliphatic carbocycles. The molecule has 0 bridgehead atoms. The number of fused-ring (bicyclic) bond motifs is 3. The van der Waals surface area contributed by atoms with Crippen LogP contribution in [0.4, 0.5) is 18.4 Å². The molecule has 396 valence electrons. The Kier molecular flexibility index (Phi) is 24.1. The van der Waals surface area contributed by atoms with Gasteiger partial charge in [-0.25, -0.2) is 37.5 Å². The molecule has 0 saturated carbocycles. The SMILES string of the molecule is C=CC(=O)OCCOCCOCCOCCOC(=O)Oc1ccc(C(=O)Oc2ccc3c(c2)C(C)c2cc(OC(=O)c4ccc(OC(=O)OCCOCCOCCOCCOC(=O)C=C)cc4F)ccc2-3)c(F)c1. The Bertz CT molecular complexity index is 2390. The maximum Gasteiger partial charge on any atom is 0.513 e. The summed E-state index contributed by atoms with van der Waals surface area (Å²) >= 11 is 0. The normalized spacial score (nSPS) is 11.4. The van der Waals surface area contributed by atoms with Crippen LogP contribution in [0, 0.1) is 11.6 Å². The maximum atomic E-state index is 15.1. The van der Waals surface area contributed by atoms with Crippen LogP contribution in [0.25, 0.3) is 11.1 Å². The molecule has 0 heterocycles. The predicted molar refractivity (Wildman–Crippen MR) is 253 cm³/mol. The van der Waals surface area contributed by atoms with E-state index in [1.165, 1.54) is 12.1 Å². The number of rotatable bonds is 32. The molecule has 22 heteroatoms. The van der Waals surface area contributed by atoms with Gasteiger partial charge in [-0.15, -0.1) is 0 Å². The Labute approximate surface area is 423 Å². The summed E-state index contributed by atoms with van der Waals surface area (Å²) in [6, 6.07) is 16.1. The quantitative estimate of drug-likeness (QED) is 0.0118.